The second kappa shape index (κ2) is 19.5. The first-order valence-corrected chi connectivity index (χ1v) is 18.9. The van der Waals surface area contributed by atoms with Crippen molar-refractivity contribution in [2.75, 3.05) is 0 Å². The number of aryl methyl sites for hydroxylation is 2. The molecule has 0 spiro atoms. The fourth-order valence-electron chi connectivity index (χ4n) is 6.58. The molecule has 0 radical (unpaired) electrons. The molecular weight excluding hydrogens is 783 g/mol. The number of carbonyl (C=O) groups is 2. The average molecular weight is 817 g/mol. The number of benzene rings is 6. The minimum atomic E-state index is -1.00. The zero-order valence-electron chi connectivity index (χ0n) is 31.8. The first-order valence-electron chi connectivity index (χ1n) is 18.9. The SMILES string of the molecule is N#Cc1ccc(-c2ccc(OC(=O)c3ccc(CCCCCCCCc4ccc(C(=O)Oc5ccc(-c6ccc(C#N)c(F)c6)c(F)c5)c(F)c4)cc3F)cc2F)cc1F. The van der Waals surface area contributed by atoms with Gasteiger partial charge in [0, 0.05) is 23.3 Å². The topological polar surface area (TPSA) is 100 Å². The number of nitriles is 2. The predicted molar refractivity (Wildman–Crippen MR) is 211 cm³/mol. The van der Waals surface area contributed by atoms with E-state index in [2.05, 4.69) is 0 Å². The Morgan fingerprint density at radius 3 is 1.18 bits per heavy atom. The summed E-state index contributed by atoms with van der Waals surface area (Å²) in [5.41, 5.74) is 0.856. The zero-order valence-corrected chi connectivity index (χ0v) is 31.8. The van der Waals surface area contributed by atoms with Gasteiger partial charge in [0.05, 0.1) is 22.3 Å². The van der Waals surface area contributed by atoms with E-state index in [0.717, 1.165) is 62.8 Å². The van der Waals surface area contributed by atoms with Crippen molar-refractivity contribution in [1.29, 1.82) is 10.5 Å². The van der Waals surface area contributed by atoms with Crippen LogP contribution in [0.25, 0.3) is 22.3 Å². The van der Waals surface area contributed by atoms with Gasteiger partial charge < -0.3 is 9.47 Å². The Bertz CT molecular complexity index is 2490. The summed E-state index contributed by atoms with van der Waals surface area (Å²) in [5, 5.41) is 17.8. The van der Waals surface area contributed by atoms with Crippen molar-refractivity contribution in [3.05, 3.63) is 177 Å². The fraction of sp³-hybridized carbons (Fsp3) is 0.167. The minimum absolute atomic E-state index is 0.0295. The molecule has 6 aromatic rings. The van der Waals surface area contributed by atoms with Crippen LogP contribution in [-0.4, -0.2) is 11.9 Å². The quantitative estimate of drug-likeness (QED) is 0.0443. The van der Waals surface area contributed by atoms with Gasteiger partial charge >= 0.3 is 11.9 Å². The van der Waals surface area contributed by atoms with Crippen LogP contribution in [0.15, 0.2) is 109 Å². The number of nitrogens with zero attached hydrogens (tertiary/aromatic N) is 2. The van der Waals surface area contributed by atoms with E-state index >= 15 is 0 Å². The van der Waals surface area contributed by atoms with E-state index in [1.165, 1.54) is 72.8 Å². The fourth-order valence-corrected chi connectivity index (χ4v) is 6.58. The standard InChI is InChI=1S/C48H34F6N2O4/c49-41-23-31(11-13-33(41)27-55)37-19-15-35(25-45(37)53)59-47(57)39-17-9-29(21-43(39)51)7-5-3-1-2-4-6-8-30-10-18-40(44(52)22-30)48(58)60-36-16-20-38(46(54)26-36)32-12-14-34(28-56)42(50)24-32/h9-26H,1-8H2. The number of esters is 2. The van der Waals surface area contributed by atoms with Crippen LogP contribution in [0.1, 0.15) is 81.5 Å². The number of halogens is 6. The summed E-state index contributed by atoms with van der Waals surface area (Å²) in [6.45, 7) is 0. The maximum absolute atomic E-state index is 14.9. The molecule has 0 atom stereocenters. The molecule has 6 aromatic carbocycles. The van der Waals surface area contributed by atoms with Gasteiger partial charge in [-0.05, 0) is 121 Å². The number of hydrogen-bond acceptors (Lipinski definition) is 6. The van der Waals surface area contributed by atoms with Gasteiger partial charge in [0.1, 0.15) is 58.5 Å². The summed E-state index contributed by atoms with van der Waals surface area (Å²) >= 11 is 0. The Morgan fingerprint density at radius 2 is 0.833 bits per heavy atom. The summed E-state index contributed by atoms with van der Waals surface area (Å²) in [4.78, 5) is 25.3. The van der Waals surface area contributed by atoms with E-state index in [1.807, 2.05) is 0 Å². The van der Waals surface area contributed by atoms with Crippen LogP contribution in [0.4, 0.5) is 26.3 Å². The molecule has 0 aliphatic carbocycles. The lowest BCUT2D eigenvalue weighted by atomic mass is 10.0. The maximum atomic E-state index is 14.9. The summed E-state index contributed by atoms with van der Waals surface area (Å²) in [6.07, 6.45) is 6.36. The molecule has 0 heterocycles. The van der Waals surface area contributed by atoms with E-state index in [1.54, 1.807) is 24.3 Å². The lowest BCUT2D eigenvalue weighted by Crippen LogP contribution is -2.11. The van der Waals surface area contributed by atoms with Gasteiger partial charge in [-0.15, -0.1) is 0 Å². The molecule has 0 aliphatic heterocycles. The predicted octanol–water partition coefficient (Wildman–Crippen LogP) is 12.2. The van der Waals surface area contributed by atoms with Gasteiger partial charge in [0.2, 0.25) is 0 Å². The lowest BCUT2D eigenvalue weighted by Gasteiger charge is -2.10. The molecule has 12 heteroatoms. The number of rotatable bonds is 15. The minimum Gasteiger partial charge on any atom is -0.423 e. The van der Waals surface area contributed by atoms with Gasteiger partial charge in [-0.2, -0.15) is 10.5 Å². The zero-order chi connectivity index (χ0) is 42.8. The largest absolute Gasteiger partial charge is 0.423 e. The first-order chi connectivity index (χ1) is 28.9. The van der Waals surface area contributed by atoms with Gasteiger partial charge in [-0.3, -0.25) is 0 Å². The molecule has 0 unspecified atom stereocenters. The van der Waals surface area contributed by atoms with Crippen molar-refractivity contribution in [3.8, 4) is 45.9 Å². The second-order valence-corrected chi connectivity index (χ2v) is 13.9. The third kappa shape index (κ3) is 10.5. The summed E-state index contributed by atoms with van der Waals surface area (Å²) in [5.74, 6) is -7.07. The molecule has 0 amide bonds. The third-order valence-electron chi connectivity index (χ3n) is 9.79. The number of hydrogen-bond donors (Lipinski definition) is 0. The molecular formula is C48H34F6N2O4. The molecule has 302 valence electrons. The Labute approximate surface area is 341 Å². The van der Waals surface area contributed by atoms with Crippen LogP contribution < -0.4 is 9.47 Å². The molecule has 60 heavy (non-hydrogen) atoms. The average Bonchev–Trinajstić information content (AvgIpc) is 3.22. The molecule has 6 rings (SSSR count). The molecule has 0 aliphatic rings. The second-order valence-electron chi connectivity index (χ2n) is 13.9. The van der Waals surface area contributed by atoms with E-state index < -0.39 is 46.8 Å². The molecule has 0 N–H and O–H groups in total. The Hall–Kier alpha value is -7.18. The van der Waals surface area contributed by atoms with Gasteiger partial charge in [-0.25, -0.2) is 35.9 Å². The highest BCUT2D eigenvalue weighted by Gasteiger charge is 2.19. The van der Waals surface area contributed by atoms with E-state index in [-0.39, 0.29) is 56.0 Å². The maximum Gasteiger partial charge on any atom is 0.346 e. The van der Waals surface area contributed by atoms with Gasteiger partial charge in [-0.1, -0.05) is 49.9 Å². The van der Waals surface area contributed by atoms with E-state index in [9.17, 15) is 35.9 Å². The van der Waals surface area contributed by atoms with Crippen molar-refractivity contribution >= 4 is 11.9 Å². The highest BCUT2D eigenvalue weighted by molar-refractivity contribution is 5.92. The normalized spacial score (nSPS) is 10.8. The smallest absolute Gasteiger partial charge is 0.346 e. The number of ether oxygens (including phenoxy) is 2. The molecule has 0 saturated heterocycles. The van der Waals surface area contributed by atoms with Gasteiger partial charge in [0.15, 0.2) is 0 Å². The van der Waals surface area contributed by atoms with Crippen LogP contribution >= 0.6 is 0 Å². The monoisotopic (exact) mass is 816 g/mol. The van der Waals surface area contributed by atoms with E-state index in [0.29, 0.717) is 24.0 Å². The van der Waals surface area contributed by atoms with E-state index in [4.69, 9.17) is 20.0 Å². The molecule has 0 aromatic heterocycles. The van der Waals surface area contributed by atoms with Crippen molar-refractivity contribution in [2.45, 2.75) is 51.4 Å². The molecule has 0 bridgehead atoms. The van der Waals surface area contributed by atoms with Crippen LogP contribution in [0, 0.1) is 57.6 Å². The number of carbonyl (C=O) groups excluding carboxylic acids is 2. The number of unbranched alkanes of at least 4 members (excludes halogenated alkanes) is 5. The van der Waals surface area contributed by atoms with Crippen molar-refractivity contribution < 1.29 is 45.4 Å². The molecule has 0 fully saturated rings. The summed E-state index contributed by atoms with van der Waals surface area (Å²) < 4.78 is 97.8. The Balaban J connectivity index is 0.892. The highest BCUT2D eigenvalue weighted by Crippen LogP contribution is 2.30. The van der Waals surface area contributed by atoms with Gasteiger partial charge in [0.25, 0.3) is 0 Å². The molecule has 6 nitrogen and oxygen atoms in total. The van der Waals surface area contributed by atoms with Crippen molar-refractivity contribution in [3.63, 3.8) is 0 Å². The first kappa shape index (κ1) is 42.4. The van der Waals surface area contributed by atoms with Crippen LogP contribution in [-0.2, 0) is 12.8 Å². The van der Waals surface area contributed by atoms with Crippen molar-refractivity contribution in [2.24, 2.45) is 0 Å². The Morgan fingerprint density at radius 1 is 0.433 bits per heavy atom. The summed E-state index contributed by atoms with van der Waals surface area (Å²) in [6, 6.07) is 26.2. The van der Waals surface area contributed by atoms with Crippen LogP contribution in [0.5, 0.6) is 11.5 Å². The highest BCUT2D eigenvalue weighted by atomic mass is 19.1. The Kier molecular flexibility index (Phi) is 13.8. The van der Waals surface area contributed by atoms with Crippen LogP contribution in [0.2, 0.25) is 0 Å². The lowest BCUT2D eigenvalue weighted by molar-refractivity contribution is 0.0719. The molecule has 0 saturated carbocycles. The summed E-state index contributed by atoms with van der Waals surface area (Å²) in [7, 11) is 0. The third-order valence-corrected chi connectivity index (χ3v) is 9.79. The van der Waals surface area contributed by atoms with Crippen LogP contribution in [0.3, 0.4) is 0 Å². The van der Waals surface area contributed by atoms with Crippen molar-refractivity contribution in [1.82, 2.24) is 0 Å².